The first-order chi connectivity index (χ1) is 9.99. The molecule has 110 valence electrons. The van der Waals surface area contributed by atoms with Crippen molar-refractivity contribution in [2.75, 3.05) is 6.61 Å². The molecule has 0 spiro atoms. The second kappa shape index (κ2) is 5.22. The van der Waals surface area contributed by atoms with Crippen molar-refractivity contribution >= 4 is 0 Å². The molecule has 1 heteroatoms. The molecule has 0 bridgehead atoms. The van der Waals surface area contributed by atoms with Gasteiger partial charge in [-0.1, -0.05) is 44.2 Å². The summed E-state index contributed by atoms with van der Waals surface area (Å²) in [5.74, 6) is 2.07. The molecule has 0 fully saturated rings. The van der Waals surface area contributed by atoms with Crippen LogP contribution < -0.4 is 4.74 Å². The zero-order valence-corrected chi connectivity index (χ0v) is 13.7. The number of hydrogen-bond donors (Lipinski definition) is 0. The zero-order chi connectivity index (χ0) is 15.1. The number of benzene rings is 2. The summed E-state index contributed by atoms with van der Waals surface area (Å²) >= 11 is 0. The summed E-state index contributed by atoms with van der Waals surface area (Å²) in [4.78, 5) is 0. The van der Waals surface area contributed by atoms with Crippen LogP contribution in [0, 0.1) is 20.8 Å². The Morgan fingerprint density at radius 3 is 2.29 bits per heavy atom. The van der Waals surface area contributed by atoms with Crippen LogP contribution >= 0.6 is 0 Å². The lowest BCUT2D eigenvalue weighted by Crippen LogP contribution is -2.04. The van der Waals surface area contributed by atoms with Gasteiger partial charge in [0.2, 0.25) is 0 Å². The number of fused-ring (bicyclic) bond motifs is 1. The Kier molecular flexibility index (Phi) is 3.52. The van der Waals surface area contributed by atoms with Gasteiger partial charge in [-0.2, -0.15) is 0 Å². The highest BCUT2D eigenvalue weighted by Gasteiger charge is 2.29. The van der Waals surface area contributed by atoms with Gasteiger partial charge in [0.15, 0.2) is 0 Å². The van der Waals surface area contributed by atoms with Gasteiger partial charge in [-0.15, -0.1) is 0 Å². The van der Waals surface area contributed by atoms with Crippen molar-refractivity contribution in [2.45, 2.75) is 46.5 Å². The van der Waals surface area contributed by atoms with E-state index in [1.165, 1.54) is 33.4 Å². The molecule has 1 aliphatic rings. The molecule has 1 nitrogen and oxygen atoms in total. The summed E-state index contributed by atoms with van der Waals surface area (Å²) in [5.41, 5.74) is 8.11. The SMILES string of the molecule is Cc1cc(C)c2c(c1C)OC[C@@H]2c1ccc(C(C)C)cc1. The Balaban J connectivity index is 2.03. The average molecular weight is 280 g/mol. The topological polar surface area (TPSA) is 9.23 Å². The maximum Gasteiger partial charge on any atom is 0.126 e. The lowest BCUT2D eigenvalue weighted by Gasteiger charge is -2.15. The lowest BCUT2D eigenvalue weighted by atomic mass is 9.87. The Morgan fingerprint density at radius 2 is 1.67 bits per heavy atom. The Labute approximate surface area is 128 Å². The quantitative estimate of drug-likeness (QED) is 0.729. The summed E-state index contributed by atoms with van der Waals surface area (Å²) in [7, 11) is 0. The minimum atomic E-state index is 0.375. The van der Waals surface area contributed by atoms with Crippen LogP contribution in [0.5, 0.6) is 5.75 Å². The fourth-order valence-corrected chi connectivity index (χ4v) is 3.32. The summed E-state index contributed by atoms with van der Waals surface area (Å²) in [6, 6.07) is 11.3. The van der Waals surface area contributed by atoms with Crippen LogP contribution in [-0.2, 0) is 0 Å². The van der Waals surface area contributed by atoms with Crippen molar-refractivity contribution in [1.82, 2.24) is 0 Å². The first kappa shape index (κ1) is 14.2. The van der Waals surface area contributed by atoms with E-state index in [1.807, 2.05) is 0 Å². The van der Waals surface area contributed by atoms with E-state index in [9.17, 15) is 0 Å². The molecule has 1 aliphatic heterocycles. The highest BCUT2D eigenvalue weighted by molar-refractivity contribution is 5.56. The summed E-state index contributed by atoms with van der Waals surface area (Å²) in [6.45, 7) is 11.8. The molecule has 1 atom stereocenters. The van der Waals surface area contributed by atoms with Crippen LogP contribution in [0.25, 0.3) is 0 Å². The van der Waals surface area contributed by atoms with Crippen LogP contribution in [0.1, 0.15) is 59.1 Å². The Hall–Kier alpha value is -1.76. The molecule has 21 heavy (non-hydrogen) atoms. The number of ether oxygens (including phenoxy) is 1. The van der Waals surface area contributed by atoms with E-state index in [2.05, 4.69) is 65.0 Å². The molecule has 0 unspecified atom stereocenters. The highest BCUT2D eigenvalue weighted by atomic mass is 16.5. The molecule has 0 aromatic heterocycles. The fourth-order valence-electron chi connectivity index (χ4n) is 3.32. The molecule has 0 saturated carbocycles. The van der Waals surface area contributed by atoms with Crippen LogP contribution in [0.2, 0.25) is 0 Å². The fraction of sp³-hybridized carbons (Fsp3) is 0.400. The summed E-state index contributed by atoms with van der Waals surface area (Å²) < 4.78 is 6.04. The van der Waals surface area contributed by atoms with Crippen molar-refractivity contribution < 1.29 is 4.74 Å². The molecular weight excluding hydrogens is 256 g/mol. The van der Waals surface area contributed by atoms with Crippen molar-refractivity contribution in [2.24, 2.45) is 0 Å². The van der Waals surface area contributed by atoms with Gasteiger partial charge in [-0.25, -0.2) is 0 Å². The van der Waals surface area contributed by atoms with E-state index in [1.54, 1.807) is 0 Å². The summed E-state index contributed by atoms with van der Waals surface area (Å²) in [6.07, 6.45) is 0. The number of hydrogen-bond acceptors (Lipinski definition) is 1. The van der Waals surface area contributed by atoms with Crippen LogP contribution in [0.15, 0.2) is 30.3 Å². The van der Waals surface area contributed by atoms with E-state index in [-0.39, 0.29) is 0 Å². The molecule has 2 aromatic rings. The van der Waals surface area contributed by atoms with Gasteiger partial charge in [0.25, 0.3) is 0 Å². The number of rotatable bonds is 2. The monoisotopic (exact) mass is 280 g/mol. The van der Waals surface area contributed by atoms with Gasteiger partial charge in [0.1, 0.15) is 5.75 Å². The first-order valence-corrected chi connectivity index (χ1v) is 7.82. The van der Waals surface area contributed by atoms with Gasteiger partial charge in [0, 0.05) is 11.5 Å². The van der Waals surface area contributed by atoms with Crippen LogP contribution in [-0.4, -0.2) is 6.61 Å². The normalized spacial score (nSPS) is 17.0. The molecule has 0 saturated heterocycles. The van der Waals surface area contributed by atoms with E-state index in [0.29, 0.717) is 11.8 Å². The Bertz CT molecular complexity index is 665. The van der Waals surface area contributed by atoms with Gasteiger partial charge in [0.05, 0.1) is 6.61 Å². The molecule has 0 N–H and O–H groups in total. The van der Waals surface area contributed by atoms with Gasteiger partial charge in [-0.3, -0.25) is 0 Å². The van der Waals surface area contributed by atoms with E-state index in [4.69, 9.17) is 4.74 Å². The standard InChI is InChI=1S/C20H24O/c1-12(2)16-6-8-17(9-7-16)18-11-21-20-15(5)13(3)10-14(4)19(18)20/h6-10,12,18H,11H2,1-5H3/t18-/m1/s1. The van der Waals surface area contributed by atoms with Gasteiger partial charge >= 0.3 is 0 Å². The zero-order valence-electron chi connectivity index (χ0n) is 13.7. The molecule has 0 radical (unpaired) electrons. The predicted octanol–water partition coefficient (Wildman–Crippen LogP) is 5.26. The summed E-state index contributed by atoms with van der Waals surface area (Å²) in [5, 5.41) is 0. The smallest absolute Gasteiger partial charge is 0.126 e. The second-order valence-corrected chi connectivity index (χ2v) is 6.56. The van der Waals surface area contributed by atoms with E-state index >= 15 is 0 Å². The molecule has 0 aliphatic carbocycles. The van der Waals surface area contributed by atoms with E-state index in [0.717, 1.165) is 12.4 Å². The van der Waals surface area contributed by atoms with Crippen molar-refractivity contribution in [3.05, 3.63) is 63.7 Å². The maximum absolute atomic E-state index is 6.04. The third-order valence-corrected chi connectivity index (χ3v) is 4.78. The van der Waals surface area contributed by atoms with Crippen molar-refractivity contribution in [3.63, 3.8) is 0 Å². The van der Waals surface area contributed by atoms with Crippen LogP contribution in [0.3, 0.4) is 0 Å². The lowest BCUT2D eigenvalue weighted by molar-refractivity contribution is 0.341. The van der Waals surface area contributed by atoms with E-state index < -0.39 is 0 Å². The predicted molar refractivity (Wildman–Crippen MR) is 88.5 cm³/mol. The average Bonchev–Trinajstić information content (AvgIpc) is 2.90. The minimum absolute atomic E-state index is 0.375. The third kappa shape index (κ3) is 2.35. The maximum atomic E-state index is 6.04. The largest absolute Gasteiger partial charge is 0.492 e. The first-order valence-electron chi connectivity index (χ1n) is 7.82. The van der Waals surface area contributed by atoms with Gasteiger partial charge < -0.3 is 4.74 Å². The minimum Gasteiger partial charge on any atom is -0.492 e. The molecule has 0 amide bonds. The van der Waals surface area contributed by atoms with Crippen LogP contribution in [0.4, 0.5) is 0 Å². The van der Waals surface area contributed by atoms with Crippen molar-refractivity contribution in [3.8, 4) is 5.75 Å². The highest BCUT2D eigenvalue weighted by Crippen LogP contribution is 2.43. The Morgan fingerprint density at radius 1 is 1.00 bits per heavy atom. The molecular formula is C20H24O. The molecule has 2 aromatic carbocycles. The number of aryl methyl sites for hydroxylation is 2. The molecule has 1 heterocycles. The molecule has 3 rings (SSSR count). The van der Waals surface area contributed by atoms with Crippen molar-refractivity contribution in [1.29, 1.82) is 0 Å². The van der Waals surface area contributed by atoms with Gasteiger partial charge in [-0.05, 0) is 54.5 Å². The second-order valence-electron chi connectivity index (χ2n) is 6.56. The third-order valence-electron chi connectivity index (χ3n) is 4.78.